The minimum Gasteiger partial charge on any atom is -0.466 e. The van der Waals surface area contributed by atoms with Crippen LogP contribution in [0, 0.1) is 0 Å². The Morgan fingerprint density at radius 1 is 0.346 bits per heavy atom. The van der Waals surface area contributed by atoms with Crippen molar-refractivity contribution in [1.82, 2.24) is 5.32 Å². The standard InChI is InChI=1S/C75H143NO5/c1-3-5-7-9-11-13-15-17-19-21-23-24-26-29-32-35-39-43-47-51-55-59-63-67-73(78)72(71-77)76-74(79)68-64-60-56-52-48-44-40-36-33-30-27-25-28-31-34-38-42-46-50-54-58-62-66-70-81-75(80)69-65-61-57-53-49-45-41-37-22-20-18-16-14-12-10-8-6-4-2/h20,22,25,28,30,33,72-73,77-78H,3-19,21,23-24,26-27,29,31-32,34-71H2,1-2H3,(H,76,79)/b22-20-,28-25-,33-30-. The van der Waals surface area contributed by atoms with Crippen LogP contribution in [0.15, 0.2) is 36.5 Å². The van der Waals surface area contributed by atoms with Gasteiger partial charge in [0.2, 0.25) is 5.91 Å². The number of aliphatic hydroxyl groups excluding tert-OH is 2. The SMILES string of the molecule is CCCCCCCCC/C=C\CCCCCCCCCC(=O)OCCCCCCCCCCC/C=C\C/C=C\CCCCCCCCCC(=O)NC(CO)C(O)CCCCCCCCCCCCCCCCCCCCCCCCC. The molecule has 0 radical (unpaired) electrons. The molecule has 0 saturated heterocycles. The predicted octanol–water partition coefficient (Wildman–Crippen LogP) is 23.9. The van der Waals surface area contributed by atoms with E-state index >= 15 is 0 Å². The Morgan fingerprint density at radius 2 is 0.617 bits per heavy atom. The fourth-order valence-electron chi connectivity index (χ4n) is 11.6. The Bertz CT molecular complexity index is 1310. The number of amides is 1. The van der Waals surface area contributed by atoms with E-state index in [0.717, 1.165) is 57.8 Å². The van der Waals surface area contributed by atoms with Gasteiger partial charge in [-0.3, -0.25) is 9.59 Å². The molecule has 0 aliphatic heterocycles. The van der Waals surface area contributed by atoms with E-state index in [1.165, 1.54) is 315 Å². The third kappa shape index (κ3) is 67.1. The number of unbranched alkanes of at least 4 members (excludes halogenated alkanes) is 52. The number of aliphatic hydroxyl groups is 2. The molecule has 0 heterocycles. The van der Waals surface area contributed by atoms with Crippen LogP contribution in [-0.2, 0) is 14.3 Å². The van der Waals surface area contributed by atoms with Crippen molar-refractivity contribution in [3.63, 3.8) is 0 Å². The summed E-state index contributed by atoms with van der Waals surface area (Å²) in [6.07, 6.45) is 90.5. The summed E-state index contributed by atoms with van der Waals surface area (Å²) >= 11 is 0. The molecule has 0 aliphatic carbocycles. The van der Waals surface area contributed by atoms with Crippen LogP contribution < -0.4 is 5.32 Å². The largest absolute Gasteiger partial charge is 0.466 e. The van der Waals surface area contributed by atoms with Crippen LogP contribution in [0.1, 0.15) is 406 Å². The number of hydrogen-bond acceptors (Lipinski definition) is 5. The number of hydrogen-bond donors (Lipinski definition) is 3. The van der Waals surface area contributed by atoms with Crippen LogP contribution in [0.3, 0.4) is 0 Å². The second-order valence-corrected chi connectivity index (χ2v) is 25.3. The number of ether oxygens (including phenoxy) is 1. The van der Waals surface area contributed by atoms with E-state index in [0.29, 0.717) is 25.9 Å². The lowest BCUT2D eigenvalue weighted by Gasteiger charge is -2.22. The van der Waals surface area contributed by atoms with Crippen molar-refractivity contribution >= 4 is 11.9 Å². The maximum atomic E-state index is 12.6. The molecular weight excluding hydrogens is 995 g/mol. The van der Waals surface area contributed by atoms with E-state index in [1.54, 1.807) is 0 Å². The van der Waals surface area contributed by atoms with Gasteiger partial charge in [-0.05, 0) is 83.5 Å². The average molecular weight is 1140 g/mol. The number of rotatable bonds is 69. The second kappa shape index (κ2) is 70.6. The predicted molar refractivity (Wildman–Crippen MR) is 356 cm³/mol. The molecule has 6 heteroatoms. The second-order valence-electron chi connectivity index (χ2n) is 25.3. The van der Waals surface area contributed by atoms with Crippen LogP contribution >= 0.6 is 0 Å². The summed E-state index contributed by atoms with van der Waals surface area (Å²) in [5, 5.41) is 23.4. The van der Waals surface area contributed by atoms with Crippen molar-refractivity contribution in [3.05, 3.63) is 36.5 Å². The fraction of sp³-hybridized carbons (Fsp3) is 0.893. The highest BCUT2D eigenvalue weighted by atomic mass is 16.5. The molecule has 2 unspecified atom stereocenters. The van der Waals surface area contributed by atoms with Crippen molar-refractivity contribution < 1.29 is 24.5 Å². The maximum Gasteiger partial charge on any atom is 0.305 e. The monoisotopic (exact) mass is 1140 g/mol. The average Bonchev–Trinajstić information content (AvgIpc) is 3.47. The lowest BCUT2D eigenvalue weighted by atomic mass is 10.0. The number of carbonyl (C=O) groups excluding carboxylic acids is 2. The zero-order chi connectivity index (χ0) is 58.5. The third-order valence-corrected chi connectivity index (χ3v) is 17.2. The van der Waals surface area contributed by atoms with Gasteiger partial charge in [0.05, 0.1) is 25.4 Å². The summed E-state index contributed by atoms with van der Waals surface area (Å²) in [6.45, 7) is 4.98. The van der Waals surface area contributed by atoms with E-state index in [-0.39, 0.29) is 18.5 Å². The third-order valence-electron chi connectivity index (χ3n) is 17.2. The summed E-state index contributed by atoms with van der Waals surface area (Å²) in [6, 6.07) is -0.551. The molecule has 0 aromatic carbocycles. The van der Waals surface area contributed by atoms with Crippen molar-refractivity contribution in [2.24, 2.45) is 0 Å². The zero-order valence-corrected chi connectivity index (χ0v) is 54.8. The molecule has 0 aromatic rings. The zero-order valence-electron chi connectivity index (χ0n) is 54.8. The quantitative estimate of drug-likeness (QED) is 0.0320. The Balaban J connectivity index is 3.43. The van der Waals surface area contributed by atoms with Gasteiger partial charge >= 0.3 is 5.97 Å². The molecule has 6 nitrogen and oxygen atoms in total. The van der Waals surface area contributed by atoms with Crippen molar-refractivity contribution in [2.45, 2.75) is 418 Å². The normalized spacial score (nSPS) is 12.7. The van der Waals surface area contributed by atoms with Crippen LogP contribution in [0.4, 0.5) is 0 Å². The molecule has 3 N–H and O–H groups in total. The fourth-order valence-corrected chi connectivity index (χ4v) is 11.6. The number of esters is 1. The van der Waals surface area contributed by atoms with Gasteiger partial charge in [0.1, 0.15) is 0 Å². The Kier molecular flexibility index (Phi) is 68.9. The van der Waals surface area contributed by atoms with Crippen molar-refractivity contribution in [2.75, 3.05) is 13.2 Å². The maximum absolute atomic E-state index is 12.6. The van der Waals surface area contributed by atoms with E-state index in [9.17, 15) is 19.8 Å². The van der Waals surface area contributed by atoms with Crippen LogP contribution in [0.25, 0.3) is 0 Å². The van der Waals surface area contributed by atoms with Gasteiger partial charge < -0.3 is 20.3 Å². The van der Waals surface area contributed by atoms with Crippen LogP contribution in [-0.4, -0.2) is 47.4 Å². The highest BCUT2D eigenvalue weighted by molar-refractivity contribution is 5.76. The molecule has 0 aromatic heterocycles. The molecule has 0 spiro atoms. The van der Waals surface area contributed by atoms with Crippen molar-refractivity contribution in [3.8, 4) is 0 Å². The van der Waals surface area contributed by atoms with Gasteiger partial charge in [-0.25, -0.2) is 0 Å². The minimum atomic E-state index is -0.673. The summed E-state index contributed by atoms with van der Waals surface area (Å²) in [7, 11) is 0. The molecule has 0 fully saturated rings. The molecular formula is C75H143NO5. The molecule has 0 bridgehead atoms. The van der Waals surface area contributed by atoms with E-state index in [1.807, 2.05) is 0 Å². The summed E-state index contributed by atoms with van der Waals surface area (Å²) < 4.78 is 5.50. The van der Waals surface area contributed by atoms with Crippen molar-refractivity contribution in [1.29, 1.82) is 0 Å². The van der Waals surface area contributed by atoms with Gasteiger partial charge in [-0.1, -0.05) is 346 Å². The smallest absolute Gasteiger partial charge is 0.305 e. The first-order chi connectivity index (χ1) is 40.0. The van der Waals surface area contributed by atoms with Crippen LogP contribution in [0.2, 0.25) is 0 Å². The van der Waals surface area contributed by atoms with Gasteiger partial charge in [0, 0.05) is 12.8 Å². The van der Waals surface area contributed by atoms with Gasteiger partial charge in [-0.15, -0.1) is 0 Å². The lowest BCUT2D eigenvalue weighted by molar-refractivity contribution is -0.143. The molecule has 2 atom stereocenters. The molecule has 0 aliphatic rings. The highest BCUT2D eigenvalue weighted by Crippen LogP contribution is 2.19. The molecule has 0 rings (SSSR count). The van der Waals surface area contributed by atoms with E-state index in [4.69, 9.17) is 4.74 Å². The Labute approximate surface area is 506 Å². The molecule has 81 heavy (non-hydrogen) atoms. The molecule has 478 valence electrons. The Hall–Kier alpha value is -1.92. The van der Waals surface area contributed by atoms with Gasteiger partial charge in [0.15, 0.2) is 0 Å². The van der Waals surface area contributed by atoms with E-state index in [2.05, 4.69) is 55.6 Å². The minimum absolute atomic E-state index is 0.00499. The summed E-state index contributed by atoms with van der Waals surface area (Å²) in [5.41, 5.74) is 0. The molecule has 0 saturated carbocycles. The first-order valence-electron chi connectivity index (χ1n) is 36.7. The number of carbonyl (C=O) groups is 2. The highest BCUT2D eigenvalue weighted by Gasteiger charge is 2.20. The topological polar surface area (TPSA) is 95.9 Å². The lowest BCUT2D eigenvalue weighted by Crippen LogP contribution is -2.45. The van der Waals surface area contributed by atoms with Gasteiger partial charge in [0.25, 0.3) is 0 Å². The Morgan fingerprint density at radius 3 is 0.951 bits per heavy atom. The number of nitrogens with one attached hydrogen (secondary N) is 1. The first kappa shape index (κ1) is 79.1. The molecule has 1 amide bonds. The van der Waals surface area contributed by atoms with E-state index < -0.39 is 12.1 Å². The number of allylic oxidation sites excluding steroid dienone is 6. The van der Waals surface area contributed by atoms with Gasteiger partial charge in [-0.2, -0.15) is 0 Å². The first-order valence-corrected chi connectivity index (χ1v) is 36.7. The van der Waals surface area contributed by atoms with Crippen LogP contribution in [0.5, 0.6) is 0 Å². The summed E-state index contributed by atoms with van der Waals surface area (Å²) in [4.78, 5) is 24.7. The summed E-state index contributed by atoms with van der Waals surface area (Å²) in [5.74, 6) is -0.0363.